The summed E-state index contributed by atoms with van der Waals surface area (Å²) in [5.41, 5.74) is 2.68. The van der Waals surface area contributed by atoms with Crippen molar-refractivity contribution in [3.63, 3.8) is 0 Å². The van der Waals surface area contributed by atoms with Gasteiger partial charge in [0.1, 0.15) is 0 Å². The SMILES string of the molecule is N#Cc1cccc(C(=O)Nc2nc(-c3ccc(Br)cc3)cs2)c1. The molecule has 0 saturated carbocycles. The molecule has 112 valence electrons. The smallest absolute Gasteiger partial charge is 0.257 e. The molecule has 3 rings (SSSR count). The average Bonchev–Trinajstić information content (AvgIpc) is 3.04. The number of hydrogen-bond acceptors (Lipinski definition) is 4. The number of thiazole rings is 1. The van der Waals surface area contributed by atoms with E-state index in [4.69, 9.17) is 5.26 Å². The molecule has 0 atom stereocenters. The Hall–Kier alpha value is -2.49. The number of rotatable bonds is 3. The van der Waals surface area contributed by atoms with Gasteiger partial charge in [0.05, 0.1) is 17.3 Å². The summed E-state index contributed by atoms with van der Waals surface area (Å²) < 4.78 is 1.00. The molecule has 0 saturated heterocycles. The molecule has 0 aliphatic rings. The summed E-state index contributed by atoms with van der Waals surface area (Å²) in [5.74, 6) is -0.279. The Morgan fingerprint density at radius 1 is 1.22 bits per heavy atom. The first-order valence-corrected chi connectivity index (χ1v) is 8.36. The van der Waals surface area contributed by atoms with E-state index < -0.39 is 0 Å². The quantitative estimate of drug-likeness (QED) is 0.712. The van der Waals surface area contributed by atoms with E-state index in [-0.39, 0.29) is 5.91 Å². The minimum atomic E-state index is -0.279. The summed E-state index contributed by atoms with van der Waals surface area (Å²) in [4.78, 5) is 16.6. The lowest BCUT2D eigenvalue weighted by Gasteiger charge is -2.02. The molecular weight excluding hydrogens is 374 g/mol. The van der Waals surface area contributed by atoms with Gasteiger partial charge in [0.25, 0.3) is 5.91 Å². The first-order chi connectivity index (χ1) is 11.2. The third-order valence-corrected chi connectivity index (χ3v) is 4.40. The van der Waals surface area contributed by atoms with Crippen molar-refractivity contribution in [2.24, 2.45) is 0 Å². The first-order valence-electron chi connectivity index (χ1n) is 6.69. The molecule has 1 N–H and O–H groups in total. The monoisotopic (exact) mass is 383 g/mol. The van der Waals surface area contributed by atoms with E-state index in [9.17, 15) is 4.79 Å². The molecule has 4 nitrogen and oxygen atoms in total. The highest BCUT2D eigenvalue weighted by Crippen LogP contribution is 2.26. The van der Waals surface area contributed by atoms with Gasteiger partial charge in [-0.05, 0) is 30.3 Å². The maximum atomic E-state index is 12.2. The predicted molar refractivity (Wildman–Crippen MR) is 94.4 cm³/mol. The highest BCUT2D eigenvalue weighted by atomic mass is 79.9. The molecule has 0 radical (unpaired) electrons. The molecule has 6 heteroatoms. The number of nitrogens with one attached hydrogen (secondary N) is 1. The van der Waals surface area contributed by atoms with Crippen molar-refractivity contribution in [3.8, 4) is 17.3 Å². The Labute approximate surface area is 145 Å². The molecule has 2 aromatic carbocycles. The average molecular weight is 384 g/mol. The second-order valence-corrected chi connectivity index (χ2v) is 6.47. The van der Waals surface area contributed by atoms with E-state index in [1.165, 1.54) is 11.3 Å². The minimum Gasteiger partial charge on any atom is -0.298 e. The van der Waals surface area contributed by atoms with Crippen LogP contribution in [-0.4, -0.2) is 10.9 Å². The summed E-state index contributed by atoms with van der Waals surface area (Å²) in [6.45, 7) is 0. The Balaban J connectivity index is 1.77. The van der Waals surface area contributed by atoms with Crippen LogP contribution >= 0.6 is 27.3 Å². The van der Waals surface area contributed by atoms with Crippen molar-refractivity contribution in [2.75, 3.05) is 5.32 Å². The van der Waals surface area contributed by atoms with Gasteiger partial charge in [-0.15, -0.1) is 11.3 Å². The van der Waals surface area contributed by atoms with Gasteiger partial charge in [0, 0.05) is 21.0 Å². The molecule has 0 unspecified atom stereocenters. The van der Waals surface area contributed by atoms with Gasteiger partial charge in [0.2, 0.25) is 0 Å². The molecule has 0 aliphatic heterocycles. The molecule has 0 bridgehead atoms. The van der Waals surface area contributed by atoms with Crippen molar-refractivity contribution < 1.29 is 4.79 Å². The van der Waals surface area contributed by atoms with E-state index in [2.05, 4.69) is 26.2 Å². The standard InChI is InChI=1S/C17H10BrN3OS/c18-14-6-4-12(5-7-14)15-10-23-17(20-15)21-16(22)13-3-1-2-11(8-13)9-19/h1-8,10H,(H,20,21,22). The van der Waals surface area contributed by atoms with Gasteiger partial charge < -0.3 is 0 Å². The normalized spacial score (nSPS) is 10.1. The number of benzene rings is 2. The summed E-state index contributed by atoms with van der Waals surface area (Å²) in [7, 11) is 0. The lowest BCUT2D eigenvalue weighted by atomic mass is 10.1. The largest absolute Gasteiger partial charge is 0.298 e. The van der Waals surface area contributed by atoms with Crippen LogP contribution in [0.1, 0.15) is 15.9 Å². The third-order valence-electron chi connectivity index (χ3n) is 3.12. The van der Waals surface area contributed by atoms with Gasteiger partial charge in [-0.1, -0.05) is 34.1 Å². The van der Waals surface area contributed by atoms with Crippen LogP contribution in [0.15, 0.2) is 58.4 Å². The fourth-order valence-corrected chi connectivity index (χ4v) is 2.96. The van der Waals surface area contributed by atoms with E-state index >= 15 is 0 Å². The number of nitrogens with zero attached hydrogens (tertiary/aromatic N) is 2. The van der Waals surface area contributed by atoms with Crippen molar-refractivity contribution in [1.29, 1.82) is 5.26 Å². The zero-order valence-corrected chi connectivity index (χ0v) is 14.2. The molecule has 3 aromatic rings. The van der Waals surface area contributed by atoms with E-state index in [0.717, 1.165) is 15.7 Å². The lowest BCUT2D eigenvalue weighted by molar-refractivity contribution is 0.102. The number of aromatic nitrogens is 1. The van der Waals surface area contributed by atoms with Gasteiger partial charge in [-0.2, -0.15) is 5.26 Å². The van der Waals surface area contributed by atoms with E-state index in [1.807, 2.05) is 35.7 Å². The number of hydrogen-bond donors (Lipinski definition) is 1. The van der Waals surface area contributed by atoms with Crippen molar-refractivity contribution in [1.82, 2.24) is 4.98 Å². The van der Waals surface area contributed by atoms with Crippen LogP contribution in [0.4, 0.5) is 5.13 Å². The Morgan fingerprint density at radius 2 is 2.00 bits per heavy atom. The summed E-state index contributed by atoms with van der Waals surface area (Å²) >= 11 is 4.76. The highest BCUT2D eigenvalue weighted by Gasteiger charge is 2.10. The minimum absolute atomic E-state index is 0.279. The predicted octanol–water partition coefficient (Wildman–Crippen LogP) is 4.70. The summed E-state index contributed by atoms with van der Waals surface area (Å²) in [6, 6.07) is 16.4. The molecule has 1 heterocycles. The molecule has 1 amide bonds. The number of carbonyl (C=O) groups excluding carboxylic acids is 1. The van der Waals surface area contributed by atoms with Crippen LogP contribution < -0.4 is 5.32 Å². The van der Waals surface area contributed by atoms with E-state index in [0.29, 0.717) is 16.3 Å². The zero-order valence-electron chi connectivity index (χ0n) is 11.8. The van der Waals surface area contributed by atoms with E-state index in [1.54, 1.807) is 24.3 Å². The maximum absolute atomic E-state index is 12.2. The van der Waals surface area contributed by atoms with Crippen molar-refractivity contribution >= 4 is 38.3 Å². The first kappa shape index (κ1) is 15.4. The second kappa shape index (κ2) is 6.73. The van der Waals surface area contributed by atoms with Gasteiger partial charge >= 0.3 is 0 Å². The molecular formula is C17H10BrN3OS. The molecule has 0 fully saturated rings. The summed E-state index contributed by atoms with van der Waals surface area (Å²) in [6.07, 6.45) is 0. The zero-order chi connectivity index (χ0) is 16.2. The lowest BCUT2D eigenvalue weighted by Crippen LogP contribution is -2.11. The van der Waals surface area contributed by atoms with Crippen LogP contribution in [0, 0.1) is 11.3 Å². The topological polar surface area (TPSA) is 65.8 Å². The molecule has 1 aromatic heterocycles. The number of halogens is 1. The Kier molecular flexibility index (Phi) is 4.51. The Morgan fingerprint density at radius 3 is 2.74 bits per heavy atom. The Bertz CT molecular complexity index is 897. The third kappa shape index (κ3) is 3.65. The van der Waals surface area contributed by atoms with Gasteiger partial charge in [0.15, 0.2) is 5.13 Å². The molecule has 23 heavy (non-hydrogen) atoms. The highest BCUT2D eigenvalue weighted by molar-refractivity contribution is 9.10. The van der Waals surface area contributed by atoms with Crippen molar-refractivity contribution in [3.05, 3.63) is 69.5 Å². The molecule has 0 spiro atoms. The number of anilines is 1. The van der Waals surface area contributed by atoms with Crippen LogP contribution in [0.5, 0.6) is 0 Å². The maximum Gasteiger partial charge on any atom is 0.257 e. The van der Waals surface area contributed by atoms with Crippen LogP contribution in [0.2, 0.25) is 0 Å². The van der Waals surface area contributed by atoms with Gasteiger partial charge in [-0.25, -0.2) is 4.98 Å². The van der Waals surface area contributed by atoms with Crippen LogP contribution in [0.25, 0.3) is 11.3 Å². The van der Waals surface area contributed by atoms with Crippen molar-refractivity contribution in [2.45, 2.75) is 0 Å². The molecule has 0 aliphatic carbocycles. The second-order valence-electron chi connectivity index (χ2n) is 4.69. The summed E-state index contributed by atoms with van der Waals surface area (Å²) in [5, 5.41) is 14.1. The van der Waals surface area contributed by atoms with Gasteiger partial charge in [-0.3, -0.25) is 10.1 Å². The number of carbonyl (C=O) groups is 1. The van der Waals surface area contributed by atoms with Crippen LogP contribution in [0.3, 0.4) is 0 Å². The fourth-order valence-electron chi connectivity index (χ4n) is 1.98. The number of nitriles is 1. The number of amides is 1. The fraction of sp³-hybridized carbons (Fsp3) is 0. The van der Waals surface area contributed by atoms with Crippen LogP contribution in [-0.2, 0) is 0 Å².